The Morgan fingerprint density at radius 2 is 1.90 bits per heavy atom. The van der Waals surface area contributed by atoms with E-state index in [2.05, 4.69) is 26.5 Å². The van der Waals surface area contributed by atoms with Crippen LogP contribution >= 0.6 is 27.5 Å². The van der Waals surface area contributed by atoms with Crippen molar-refractivity contribution in [1.29, 1.82) is 0 Å². The van der Waals surface area contributed by atoms with Gasteiger partial charge in [-0.1, -0.05) is 54.1 Å². The molecular formula is C22H16BrClN4O2. The number of hydrogen-bond donors (Lipinski definition) is 1. The van der Waals surface area contributed by atoms with Gasteiger partial charge in [-0.05, 0) is 45.8 Å². The van der Waals surface area contributed by atoms with E-state index in [1.165, 1.54) is 0 Å². The van der Waals surface area contributed by atoms with Crippen molar-refractivity contribution >= 4 is 39.7 Å². The Balaban J connectivity index is 1.57. The summed E-state index contributed by atoms with van der Waals surface area (Å²) in [7, 11) is 0. The number of nitrogens with one attached hydrogen (secondary N) is 1. The minimum absolute atomic E-state index is 0.167. The average molecular weight is 484 g/mol. The zero-order chi connectivity index (χ0) is 20.9. The summed E-state index contributed by atoms with van der Waals surface area (Å²) in [5.41, 5.74) is 6.03. The molecule has 0 saturated carbocycles. The summed E-state index contributed by atoms with van der Waals surface area (Å²) in [6.07, 6.45) is 3.46. The van der Waals surface area contributed by atoms with Crippen molar-refractivity contribution in [3.8, 4) is 11.3 Å². The maximum Gasteiger partial charge on any atom is 0.307 e. The maximum absolute atomic E-state index is 12.1. The molecule has 2 heterocycles. The van der Waals surface area contributed by atoms with Crippen LogP contribution in [0, 0.1) is 0 Å². The lowest BCUT2D eigenvalue weighted by atomic mass is 10.1. The minimum Gasteiger partial charge on any atom is -0.444 e. The van der Waals surface area contributed by atoms with E-state index in [0.717, 1.165) is 22.4 Å². The average Bonchev–Trinajstić information content (AvgIpc) is 3.36. The van der Waals surface area contributed by atoms with Crippen molar-refractivity contribution in [2.45, 2.75) is 6.54 Å². The molecule has 0 saturated heterocycles. The highest BCUT2D eigenvalue weighted by Gasteiger charge is 2.12. The summed E-state index contributed by atoms with van der Waals surface area (Å²) in [5, 5.41) is 9.48. The van der Waals surface area contributed by atoms with Crippen molar-refractivity contribution in [2.24, 2.45) is 5.10 Å². The predicted octanol–water partition coefficient (Wildman–Crippen LogP) is 5.37. The maximum atomic E-state index is 12.1. The van der Waals surface area contributed by atoms with Gasteiger partial charge in [-0.15, -0.1) is 0 Å². The number of hydrogen-bond acceptors (Lipinski definition) is 4. The number of aromatic nitrogens is 2. The van der Waals surface area contributed by atoms with Crippen LogP contribution in [0.4, 0.5) is 0 Å². The van der Waals surface area contributed by atoms with Crippen LogP contribution in [0.15, 0.2) is 87.1 Å². The van der Waals surface area contributed by atoms with Gasteiger partial charge in [-0.2, -0.15) is 10.2 Å². The summed E-state index contributed by atoms with van der Waals surface area (Å²) in [5.74, 6) is -0.271. The van der Waals surface area contributed by atoms with Crippen LogP contribution in [0.25, 0.3) is 11.3 Å². The predicted molar refractivity (Wildman–Crippen MR) is 120 cm³/mol. The van der Waals surface area contributed by atoms with Gasteiger partial charge in [0, 0.05) is 22.3 Å². The molecule has 0 fully saturated rings. The fourth-order valence-corrected chi connectivity index (χ4v) is 3.29. The summed E-state index contributed by atoms with van der Waals surface area (Å²) in [6.45, 7) is 0.581. The standard InChI is InChI=1S/C22H16BrClN4O2/c23-20-11-10-19(30-20)22(29)26-25-12-17-14-28(13-15-6-8-18(24)9-7-15)27-21(17)16-4-2-1-3-5-16/h1-12,14H,13H2,(H,26,29)/b25-12+. The molecule has 2 aromatic carbocycles. The molecule has 1 amide bonds. The van der Waals surface area contributed by atoms with Crippen LogP contribution in [0.2, 0.25) is 5.02 Å². The minimum atomic E-state index is -0.438. The molecule has 2 aromatic heterocycles. The van der Waals surface area contributed by atoms with Crippen LogP contribution in [0.1, 0.15) is 21.7 Å². The van der Waals surface area contributed by atoms with Gasteiger partial charge < -0.3 is 4.42 Å². The van der Waals surface area contributed by atoms with E-state index < -0.39 is 5.91 Å². The largest absolute Gasteiger partial charge is 0.444 e. The second-order valence-electron chi connectivity index (χ2n) is 6.43. The Hall–Kier alpha value is -3.16. The highest BCUT2D eigenvalue weighted by molar-refractivity contribution is 9.10. The third-order valence-corrected chi connectivity index (χ3v) is 4.94. The Morgan fingerprint density at radius 3 is 2.60 bits per heavy atom. The molecular weight excluding hydrogens is 468 g/mol. The fourth-order valence-electron chi connectivity index (χ4n) is 2.86. The first-order valence-corrected chi connectivity index (χ1v) is 10.2. The molecule has 150 valence electrons. The topological polar surface area (TPSA) is 72.4 Å². The summed E-state index contributed by atoms with van der Waals surface area (Å²) < 4.78 is 7.53. The fraction of sp³-hybridized carbons (Fsp3) is 0.0455. The SMILES string of the molecule is O=C(N/N=C/c1cn(Cc2ccc(Cl)cc2)nc1-c1ccccc1)c1ccc(Br)o1. The Bertz CT molecular complexity index is 1180. The summed E-state index contributed by atoms with van der Waals surface area (Å²) in [6, 6.07) is 20.6. The second-order valence-corrected chi connectivity index (χ2v) is 7.64. The van der Waals surface area contributed by atoms with Gasteiger partial charge in [0.15, 0.2) is 10.4 Å². The zero-order valence-electron chi connectivity index (χ0n) is 15.6. The lowest BCUT2D eigenvalue weighted by molar-refractivity contribution is 0.0926. The van der Waals surface area contributed by atoms with Gasteiger partial charge in [0.2, 0.25) is 0 Å². The van der Waals surface area contributed by atoms with E-state index in [4.69, 9.17) is 21.1 Å². The molecule has 1 N–H and O–H groups in total. The normalized spacial score (nSPS) is 11.1. The van der Waals surface area contributed by atoms with Crippen molar-refractivity contribution in [2.75, 3.05) is 0 Å². The summed E-state index contributed by atoms with van der Waals surface area (Å²) in [4.78, 5) is 12.1. The first-order valence-electron chi connectivity index (χ1n) is 9.04. The van der Waals surface area contributed by atoms with Crippen LogP contribution in [-0.2, 0) is 6.54 Å². The number of nitrogens with zero attached hydrogens (tertiary/aromatic N) is 3. The molecule has 0 unspecified atom stereocenters. The molecule has 30 heavy (non-hydrogen) atoms. The smallest absolute Gasteiger partial charge is 0.307 e. The molecule has 0 atom stereocenters. The van der Waals surface area contributed by atoms with E-state index in [1.807, 2.05) is 65.5 Å². The van der Waals surface area contributed by atoms with E-state index in [1.54, 1.807) is 18.3 Å². The first-order chi connectivity index (χ1) is 14.6. The second kappa shape index (κ2) is 9.11. The molecule has 6 nitrogen and oxygen atoms in total. The molecule has 0 aliphatic carbocycles. The van der Waals surface area contributed by atoms with Crippen molar-refractivity contribution < 1.29 is 9.21 Å². The molecule has 0 spiro atoms. The molecule has 4 rings (SSSR count). The number of rotatable bonds is 6. The van der Waals surface area contributed by atoms with Crippen molar-refractivity contribution in [3.05, 3.63) is 99.5 Å². The van der Waals surface area contributed by atoms with Gasteiger partial charge in [0.05, 0.1) is 12.8 Å². The third kappa shape index (κ3) is 4.87. The molecule has 0 aliphatic heterocycles. The number of furan rings is 1. The van der Waals surface area contributed by atoms with Gasteiger partial charge >= 0.3 is 5.91 Å². The molecule has 0 aliphatic rings. The van der Waals surface area contributed by atoms with E-state index in [-0.39, 0.29) is 5.76 Å². The molecule has 0 radical (unpaired) electrons. The number of hydrazone groups is 1. The van der Waals surface area contributed by atoms with Crippen molar-refractivity contribution in [1.82, 2.24) is 15.2 Å². The van der Waals surface area contributed by atoms with E-state index >= 15 is 0 Å². The monoisotopic (exact) mass is 482 g/mol. The Labute approximate surface area is 186 Å². The number of carbonyl (C=O) groups is 1. The zero-order valence-corrected chi connectivity index (χ0v) is 18.0. The number of benzene rings is 2. The first kappa shape index (κ1) is 20.1. The Morgan fingerprint density at radius 1 is 1.13 bits per heavy atom. The quantitative estimate of drug-likeness (QED) is 0.296. The lowest BCUT2D eigenvalue weighted by Gasteiger charge is -2.02. The van der Waals surface area contributed by atoms with Crippen LogP contribution in [0.5, 0.6) is 0 Å². The van der Waals surface area contributed by atoms with Crippen molar-refractivity contribution in [3.63, 3.8) is 0 Å². The third-order valence-electron chi connectivity index (χ3n) is 4.26. The van der Waals surface area contributed by atoms with Crippen LogP contribution < -0.4 is 5.43 Å². The molecule has 0 bridgehead atoms. The molecule has 8 heteroatoms. The van der Waals surface area contributed by atoms with Gasteiger partial charge in [0.25, 0.3) is 0 Å². The Kier molecular flexibility index (Phi) is 6.11. The summed E-state index contributed by atoms with van der Waals surface area (Å²) >= 11 is 9.14. The van der Waals surface area contributed by atoms with Crippen LogP contribution in [-0.4, -0.2) is 21.9 Å². The lowest BCUT2D eigenvalue weighted by Crippen LogP contribution is -2.16. The number of halogens is 2. The molecule has 4 aromatic rings. The number of carbonyl (C=O) groups excluding carboxylic acids is 1. The van der Waals surface area contributed by atoms with Gasteiger partial charge in [-0.3, -0.25) is 9.48 Å². The van der Waals surface area contributed by atoms with E-state index in [9.17, 15) is 4.79 Å². The number of amides is 1. The highest BCUT2D eigenvalue weighted by atomic mass is 79.9. The van der Waals surface area contributed by atoms with E-state index in [0.29, 0.717) is 16.2 Å². The van der Waals surface area contributed by atoms with Gasteiger partial charge in [-0.25, -0.2) is 5.43 Å². The highest BCUT2D eigenvalue weighted by Crippen LogP contribution is 2.21. The van der Waals surface area contributed by atoms with Crippen LogP contribution in [0.3, 0.4) is 0 Å². The van der Waals surface area contributed by atoms with Gasteiger partial charge in [0.1, 0.15) is 5.69 Å².